The predicted octanol–water partition coefficient (Wildman–Crippen LogP) is 6.02. The number of H-pyrrole nitrogens is 1. The van der Waals surface area contributed by atoms with E-state index in [2.05, 4.69) is 41.5 Å². The highest BCUT2D eigenvalue weighted by Crippen LogP contribution is 2.26. The second-order valence-electron chi connectivity index (χ2n) is 8.06. The summed E-state index contributed by atoms with van der Waals surface area (Å²) in [5.74, 6) is 1.48. The van der Waals surface area contributed by atoms with Crippen molar-refractivity contribution in [2.24, 2.45) is 0 Å². The minimum Gasteiger partial charge on any atom is -0.457 e. The normalized spacial score (nSPS) is 11.0. The highest BCUT2D eigenvalue weighted by atomic mass is 16.5. The molecule has 6 heteroatoms. The smallest absolute Gasteiger partial charge is 0.323 e. The fourth-order valence-corrected chi connectivity index (χ4v) is 3.64. The van der Waals surface area contributed by atoms with Gasteiger partial charge in [-0.05, 0) is 87.6 Å². The van der Waals surface area contributed by atoms with Crippen LogP contribution in [-0.4, -0.2) is 36.6 Å². The first-order valence-corrected chi connectivity index (χ1v) is 10.6. The highest BCUT2D eigenvalue weighted by Gasteiger charge is 2.11. The van der Waals surface area contributed by atoms with Crippen molar-refractivity contribution in [1.29, 1.82) is 0 Å². The Morgan fingerprint density at radius 2 is 1.56 bits per heavy atom. The molecule has 0 spiro atoms. The fourth-order valence-electron chi connectivity index (χ4n) is 3.64. The van der Waals surface area contributed by atoms with Gasteiger partial charge in [0.2, 0.25) is 0 Å². The van der Waals surface area contributed by atoms with Gasteiger partial charge >= 0.3 is 6.03 Å². The molecule has 32 heavy (non-hydrogen) atoms. The average molecular weight is 429 g/mol. The van der Waals surface area contributed by atoms with Crippen LogP contribution in [0, 0.1) is 6.92 Å². The summed E-state index contributed by atoms with van der Waals surface area (Å²) < 4.78 is 5.79. The number of amides is 2. The summed E-state index contributed by atoms with van der Waals surface area (Å²) >= 11 is 0. The van der Waals surface area contributed by atoms with E-state index in [1.54, 1.807) is 0 Å². The molecule has 0 fully saturated rings. The summed E-state index contributed by atoms with van der Waals surface area (Å²) in [5, 5.41) is 6.95. The lowest BCUT2D eigenvalue weighted by molar-refractivity contribution is 0.262. The molecule has 3 aromatic carbocycles. The number of fused-ring (bicyclic) bond motifs is 1. The molecule has 0 saturated carbocycles. The third-order valence-electron chi connectivity index (χ3n) is 5.28. The Labute approximate surface area is 188 Å². The summed E-state index contributed by atoms with van der Waals surface area (Å²) in [6.45, 7) is 3.06. The summed E-state index contributed by atoms with van der Waals surface area (Å²) in [7, 11) is 4.14. The SMILES string of the molecule is Cc1[nH]c2ccc(NC(=O)Nc3ccc(Oc4ccccc4)cc3)cc2c1CCN(C)C. The van der Waals surface area contributed by atoms with Crippen molar-refractivity contribution >= 4 is 28.3 Å². The first-order chi connectivity index (χ1) is 15.5. The number of aromatic amines is 1. The number of anilines is 2. The van der Waals surface area contributed by atoms with Gasteiger partial charge < -0.3 is 25.3 Å². The Bertz CT molecular complexity index is 1200. The predicted molar refractivity (Wildman–Crippen MR) is 131 cm³/mol. The van der Waals surface area contributed by atoms with E-state index in [0.29, 0.717) is 11.4 Å². The zero-order valence-electron chi connectivity index (χ0n) is 18.6. The monoisotopic (exact) mass is 428 g/mol. The number of likely N-dealkylation sites (N-methyl/N-ethyl adjacent to an activating group) is 1. The number of rotatable bonds is 7. The lowest BCUT2D eigenvalue weighted by Crippen LogP contribution is -2.19. The van der Waals surface area contributed by atoms with Gasteiger partial charge in [-0.3, -0.25) is 0 Å². The number of nitrogens with one attached hydrogen (secondary N) is 3. The van der Waals surface area contributed by atoms with E-state index < -0.39 is 0 Å². The lowest BCUT2D eigenvalue weighted by Gasteiger charge is -2.11. The van der Waals surface area contributed by atoms with E-state index in [-0.39, 0.29) is 6.03 Å². The Kier molecular flexibility index (Phi) is 6.42. The van der Waals surface area contributed by atoms with E-state index in [4.69, 9.17) is 4.74 Å². The van der Waals surface area contributed by atoms with Gasteiger partial charge in [0.05, 0.1) is 0 Å². The van der Waals surface area contributed by atoms with E-state index >= 15 is 0 Å². The number of para-hydroxylation sites is 1. The van der Waals surface area contributed by atoms with Gasteiger partial charge in [-0.25, -0.2) is 4.79 Å². The number of urea groups is 1. The van der Waals surface area contributed by atoms with E-state index in [0.717, 1.165) is 35.3 Å². The largest absolute Gasteiger partial charge is 0.457 e. The third-order valence-corrected chi connectivity index (χ3v) is 5.28. The van der Waals surface area contributed by atoms with Crippen molar-refractivity contribution < 1.29 is 9.53 Å². The Balaban J connectivity index is 1.40. The molecule has 0 radical (unpaired) electrons. The molecule has 0 saturated heterocycles. The van der Waals surface area contributed by atoms with Gasteiger partial charge in [0.15, 0.2) is 0 Å². The number of benzene rings is 3. The molecule has 0 aliphatic rings. The number of hydrogen-bond donors (Lipinski definition) is 3. The minimum atomic E-state index is -0.289. The van der Waals surface area contributed by atoms with E-state index in [1.165, 1.54) is 11.3 Å². The van der Waals surface area contributed by atoms with Crippen LogP contribution in [0.4, 0.5) is 16.2 Å². The molecule has 6 nitrogen and oxygen atoms in total. The molecule has 0 aliphatic carbocycles. The second kappa shape index (κ2) is 9.58. The third kappa shape index (κ3) is 5.28. The zero-order chi connectivity index (χ0) is 22.5. The Morgan fingerprint density at radius 3 is 2.28 bits per heavy atom. The van der Waals surface area contributed by atoms with Crippen molar-refractivity contribution in [2.45, 2.75) is 13.3 Å². The first-order valence-electron chi connectivity index (χ1n) is 10.6. The van der Waals surface area contributed by atoms with Crippen molar-refractivity contribution in [1.82, 2.24) is 9.88 Å². The van der Waals surface area contributed by atoms with Gasteiger partial charge in [-0.1, -0.05) is 18.2 Å². The fraction of sp³-hybridized carbons (Fsp3) is 0.192. The number of aromatic nitrogens is 1. The molecule has 0 aliphatic heterocycles. The first kappa shape index (κ1) is 21.5. The van der Waals surface area contributed by atoms with Crippen LogP contribution in [0.15, 0.2) is 72.8 Å². The molecule has 0 bridgehead atoms. The Morgan fingerprint density at radius 1 is 0.906 bits per heavy atom. The molecule has 0 atom stereocenters. The molecule has 1 heterocycles. The molecule has 3 N–H and O–H groups in total. The maximum absolute atomic E-state index is 12.5. The molecule has 164 valence electrons. The number of carbonyl (C=O) groups is 1. The summed E-state index contributed by atoms with van der Waals surface area (Å²) in [6.07, 6.45) is 0.950. The van der Waals surface area contributed by atoms with Crippen LogP contribution in [-0.2, 0) is 6.42 Å². The number of nitrogens with zero attached hydrogens (tertiary/aromatic N) is 1. The number of ether oxygens (including phenoxy) is 1. The highest BCUT2D eigenvalue weighted by molar-refractivity contribution is 6.01. The van der Waals surface area contributed by atoms with Crippen LogP contribution in [0.3, 0.4) is 0 Å². The molecule has 4 rings (SSSR count). The van der Waals surface area contributed by atoms with Crippen molar-refractivity contribution in [3.63, 3.8) is 0 Å². The molecule has 1 aromatic heterocycles. The van der Waals surface area contributed by atoms with Gasteiger partial charge in [0.1, 0.15) is 11.5 Å². The van der Waals surface area contributed by atoms with Gasteiger partial charge in [-0.15, -0.1) is 0 Å². The van der Waals surface area contributed by atoms with Crippen molar-refractivity contribution in [2.75, 3.05) is 31.3 Å². The molecular formula is C26H28N4O2. The topological polar surface area (TPSA) is 69.4 Å². The van der Waals surface area contributed by atoms with Crippen LogP contribution in [0.2, 0.25) is 0 Å². The quantitative estimate of drug-likeness (QED) is 0.337. The van der Waals surface area contributed by atoms with Crippen LogP contribution >= 0.6 is 0 Å². The standard InChI is InChI=1S/C26H28N4O2/c1-18-23(15-16-30(2)3)24-17-20(11-14-25(24)27-18)29-26(31)28-19-9-12-22(13-10-19)32-21-7-5-4-6-8-21/h4-14,17,27H,15-16H2,1-3H3,(H2,28,29,31). The van der Waals surface area contributed by atoms with Crippen LogP contribution in [0.5, 0.6) is 11.5 Å². The zero-order valence-corrected chi connectivity index (χ0v) is 18.6. The van der Waals surface area contributed by atoms with Gasteiger partial charge in [-0.2, -0.15) is 0 Å². The Hall–Kier alpha value is -3.77. The molecule has 4 aromatic rings. The maximum atomic E-state index is 12.5. The average Bonchev–Trinajstić information content (AvgIpc) is 3.08. The van der Waals surface area contributed by atoms with E-state index in [9.17, 15) is 4.79 Å². The molecule has 0 unspecified atom stereocenters. The number of hydrogen-bond acceptors (Lipinski definition) is 3. The van der Waals surface area contributed by atoms with Gasteiger partial charge in [0.25, 0.3) is 0 Å². The second-order valence-corrected chi connectivity index (χ2v) is 8.06. The van der Waals surface area contributed by atoms with Crippen molar-refractivity contribution in [3.05, 3.63) is 84.1 Å². The van der Waals surface area contributed by atoms with Crippen molar-refractivity contribution in [3.8, 4) is 11.5 Å². The van der Waals surface area contributed by atoms with Crippen LogP contribution in [0.25, 0.3) is 10.9 Å². The molecular weight excluding hydrogens is 400 g/mol. The summed E-state index contributed by atoms with van der Waals surface area (Å²) in [6, 6.07) is 22.5. The lowest BCUT2D eigenvalue weighted by atomic mass is 10.1. The minimum absolute atomic E-state index is 0.289. The molecule has 2 amide bonds. The summed E-state index contributed by atoms with van der Waals surface area (Å²) in [5.41, 5.74) is 4.97. The number of aryl methyl sites for hydroxylation is 1. The van der Waals surface area contributed by atoms with E-state index in [1.807, 2.05) is 72.8 Å². The van der Waals surface area contributed by atoms with Crippen LogP contribution in [0.1, 0.15) is 11.3 Å². The maximum Gasteiger partial charge on any atom is 0.323 e. The van der Waals surface area contributed by atoms with Crippen LogP contribution < -0.4 is 15.4 Å². The number of carbonyl (C=O) groups excluding carboxylic acids is 1. The summed E-state index contributed by atoms with van der Waals surface area (Å²) in [4.78, 5) is 18.1. The van der Waals surface area contributed by atoms with Gasteiger partial charge in [0, 0.05) is 34.5 Å².